The average molecular weight is 407 g/mol. The Morgan fingerprint density at radius 3 is 2.64 bits per heavy atom. The van der Waals surface area contributed by atoms with Crippen LogP contribution in [0.3, 0.4) is 0 Å². The Hall–Kier alpha value is -1.56. The van der Waals surface area contributed by atoms with Gasteiger partial charge in [0.1, 0.15) is 11.4 Å². The van der Waals surface area contributed by atoms with Crippen molar-refractivity contribution in [3.63, 3.8) is 0 Å². The van der Waals surface area contributed by atoms with Crippen molar-refractivity contribution in [1.29, 1.82) is 0 Å². The SMILES string of the molecule is CC1(C)CC(NC(=O)c2ccccc2I)c2ccccc2O1. The van der Waals surface area contributed by atoms with Crippen LogP contribution in [0.25, 0.3) is 0 Å². The van der Waals surface area contributed by atoms with Gasteiger partial charge in [-0.15, -0.1) is 0 Å². The highest BCUT2D eigenvalue weighted by Crippen LogP contribution is 2.39. The lowest BCUT2D eigenvalue weighted by Gasteiger charge is -2.37. The van der Waals surface area contributed by atoms with Crippen molar-refractivity contribution in [2.75, 3.05) is 0 Å². The number of para-hydroxylation sites is 1. The van der Waals surface area contributed by atoms with Crippen LogP contribution in [0.5, 0.6) is 5.75 Å². The normalized spacial score (nSPS) is 19.0. The first-order valence-corrected chi connectivity index (χ1v) is 8.37. The molecular formula is C18H18INO2. The van der Waals surface area contributed by atoms with Gasteiger partial charge >= 0.3 is 0 Å². The molecule has 2 aromatic carbocycles. The second-order valence-corrected chi connectivity index (χ2v) is 7.27. The number of halogens is 1. The molecule has 1 aliphatic heterocycles. The predicted molar refractivity (Wildman–Crippen MR) is 95.1 cm³/mol. The maximum absolute atomic E-state index is 12.6. The molecule has 3 nitrogen and oxygen atoms in total. The standard InChI is InChI=1S/C18H18INO2/c1-18(2)11-15(13-8-4-6-10-16(13)22-18)20-17(21)12-7-3-5-9-14(12)19/h3-10,15H,11H2,1-2H3,(H,20,21). The topological polar surface area (TPSA) is 38.3 Å². The number of carbonyl (C=O) groups excluding carboxylic acids is 1. The van der Waals surface area contributed by atoms with Crippen molar-refractivity contribution < 1.29 is 9.53 Å². The van der Waals surface area contributed by atoms with Crippen molar-refractivity contribution in [2.45, 2.75) is 31.9 Å². The number of hydrogen-bond acceptors (Lipinski definition) is 2. The third kappa shape index (κ3) is 3.11. The van der Waals surface area contributed by atoms with E-state index in [-0.39, 0.29) is 17.6 Å². The van der Waals surface area contributed by atoms with E-state index in [4.69, 9.17) is 4.74 Å². The Balaban J connectivity index is 1.89. The molecule has 4 heteroatoms. The van der Waals surface area contributed by atoms with E-state index in [1.165, 1.54) is 0 Å². The first kappa shape index (κ1) is 15.3. The Morgan fingerprint density at radius 2 is 1.86 bits per heavy atom. The molecule has 1 amide bonds. The molecule has 114 valence electrons. The van der Waals surface area contributed by atoms with Gasteiger partial charge in [0.25, 0.3) is 5.91 Å². The van der Waals surface area contributed by atoms with Crippen LogP contribution in [0.15, 0.2) is 48.5 Å². The molecule has 0 saturated heterocycles. The summed E-state index contributed by atoms with van der Waals surface area (Å²) >= 11 is 2.19. The molecule has 0 bridgehead atoms. The summed E-state index contributed by atoms with van der Waals surface area (Å²) in [5.74, 6) is 0.814. The molecule has 0 aromatic heterocycles. The van der Waals surface area contributed by atoms with Crippen LogP contribution in [0.2, 0.25) is 0 Å². The van der Waals surface area contributed by atoms with Gasteiger partial charge in [0.05, 0.1) is 11.6 Å². The molecule has 0 radical (unpaired) electrons. The highest BCUT2D eigenvalue weighted by molar-refractivity contribution is 14.1. The summed E-state index contributed by atoms with van der Waals surface area (Å²) in [5.41, 5.74) is 1.46. The number of amides is 1. The first-order valence-electron chi connectivity index (χ1n) is 7.30. The molecule has 0 saturated carbocycles. The minimum Gasteiger partial charge on any atom is -0.487 e. The Bertz CT molecular complexity index is 712. The summed E-state index contributed by atoms with van der Waals surface area (Å²) in [5, 5.41) is 3.16. The third-order valence-electron chi connectivity index (χ3n) is 3.80. The molecule has 1 atom stereocenters. The van der Waals surface area contributed by atoms with Crippen molar-refractivity contribution in [3.8, 4) is 5.75 Å². The number of benzene rings is 2. The molecule has 1 heterocycles. The van der Waals surface area contributed by atoms with Gasteiger partial charge in [0.15, 0.2) is 0 Å². The molecular weight excluding hydrogens is 389 g/mol. The lowest BCUT2D eigenvalue weighted by Crippen LogP contribution is -2.41. The van der Waals surface area contributed by atoms with Gasteiger partial charge in [-0.05, 0) is 54.6 Å². The van der Waals surface area contributed by atoms with Gasteiger partial charge < -0.3 is 10.1 Å². The summed E-state index contributed by atoms with van der Waals surface area (Å²) in [6, 6.07) is 15.5. The molecule has 0 aliphatic carbocycles. The van der Waals surface area contributed by atoms with Crippen molar-refractivity contribution in [2.24, 2.45) is 0 Å². The Labute approximate surface area is 144 Å². The third-order valence-corrected chi connectivity index (χ3v) is 4.74. The fourth-order valence-corrected chi connectivity index (χ4v) is 3.44. The summed E-state index contributed by atoms with van der Waals surface area (Å²) in [7, 11) is 0. The fraction of sp³-hybridized carbons (Fsp3) is 0.278. The summed E-state index contributed by atoms with van der Waals surface area (Å²) < 4.78 is 6.96. The van der Waals surface area contributed by atoms with E-state index in [1.807, 2.05) is 62.4 Å². The molecule has 1 aliphatic rings. The van der Waals surface area contributed by atoms with E-state index in [2.05, 4.69) is 27.9 Å². The fourth-order valence-electron chi connectivity index (χ4n) is 2.81. The van der Waals surface area contributed by atoms with Crippen LogP contribution in [-0.2, 0) is 0 Å². The quantitative estimate of drug-likeness (QED) is 0.753. The zero-order chi connectivity index (χ0) is 15.7. The van der Waals surface area contributed by atoms with Crippen LogP contribution in [0, 0.1) is 3.57 Å². The lowest BCUT2D eigenvalue weighted by atomic mass is 9.89. The monoisotopic (exact) mass is 407 g/mol. The summed E-state index contributed by atoms with van der Waals surface area (Å²) in [6.07, 6.45) is 0.749. The smallest absolute Gasteiger partial charge is 0.252 e. The average Bonchev–Trinajstić information content (AvgIpc) is 2.46. The Morgan fingerprint density at radius 1 is 1.18 bits per heavy atom. The Kier molecular flexibility index (Phi) is 4.12. The number of hydrogen-bond donors (Lipinski definition) is 1. The van der Waals surface area contributed by atoms with Crippen molar-refractivity contribution in [1.82, 2.24) is 5.32 Å². The number of carbonyl (C=O) groups is 1. The number of nitrogens with one attached hydrogen (secondary N) is 1. The van der Waals surface area contributed by atoms with Crippen molar-refractivity contribution in [3.05, 3.63) is 63.2 Å². The van der Waals surface area contributed by atoms with Gasteiger partial charge in [0.2, 0.25) is 0 Å². The molecule has 1 unspecified atom stereocenters. The highest BCUT2D eigenvalue weighted by atomic mass is 127. The van der Waals surface area contributed by atoms with E-state index in [0.29, 0.717) is 5.56 Å². The largest absolute Gasteiger partial charge is 0.487 e. The van der Waals surface area contributed by atoms with E-state index in [1.54, 1.807) is 0 Å². The molecule has 2 aromatic rings. The molecule has 1 N–H and O–H groups in total. The molecule has 0 fully saturated rings. The minimum atomic E-state index is -0.295. The number of fused-ring (bicyclic) bond motifs is 1. The van der Waals surface area contributed by atoms with Gasteiger partial charge in [-0.2, -0.15) is 0 Å². The maximum atomic E-state index is 12.6. The van der Waals surface area contributed by atoms with Gasteiger partial charge in [-0.3, -0.25) is 4.79 Å². The molecule has 0 spiro atoms. The van der Waals surface area contributed by atoms with E-state index >= 15 is 0 Å². The minimum absolute atomic E-state index is 0.0385. The van der Waals surface area contributed by atoms with Crippen LogP contribution in [0.4, 0.5) is 0 Å². The summed E-state index contributed by atoms with van der Waals surface area (Å²) in [6.45, 7) is 4.10. The zero-order valence-electron chi connectivity index (χ0n) is 12.6. The van der Waals surface area contributed by atoms with Crippen molar-refractivity contribution >= 4 is 28.5 Å². The van der Waals surface area contributed by atoms with Crippen LogP contribution in [-0.4, -0.2) is 11.5 Å². The van der Waals surface area contributed by atoms with Crippen LogP contribution < -0.4 is 10.1 Å². The predicted octanol–water partition coefficient (Wildman–Crippen LogP) is 4.32. The van der Waals surface area contributed by atoms with Gasteiger partial charge in [-0.25, -0.2) is 0 Å². The first-order chi connectivity index (χ1) is 10.5. The second-order valence-electron chi connectivity index (χ2n) is 6.11. The molecule has 22 heavy (non-hydrogen) atoms. The van der Waals surface area contributed by atoms with E-state index in [9.17, 15) is 4.79 Å². The van der Waals surface area contributed by atoms with Crippen LogP contribution in [0.1, 0.15) is 42.2 Å². The summed E-state index contributed by atoms with van der Waals surface area (Å²) in [4.78, 5) is 12.6. The highest BCUT2D eigenvalue weighted by Gasteiger charge is 2.34. The maximum Gasteiger partial charge on any atom is 0.252 e. The lowest BCUT2D eigenvalue weighted by molar-refractivity contribution is 0.0619. The van der Waals surface area contributed by atoms with Gasteiger partial charge in [0, 0.05) is 15.6 Å². The molecule has 3 rings (SSSR count). The van der Waals surface area contributed by atoms with E-state index in [0.717, 1.165) is 21.3 Å². The van der Waals surface area contributed by atoms with Gasteiger partial charge in [-0.1, -0.05) is 30.3 Å². The number of rotatable bonds is 2. The van der Waals surface area contributed by atoms with E-state index < -0.39 is 0 Å². The van der Waals surface area contributed by atoms with Crippen LogP contribution >= 0.6 is 22.6 Å². The zero-order valence-corrected chi connectivity index (χ0v) is 14.8. The second kappa shape index (κ2) is 5.91. The number of ether oxygens (including phenoxy) is 1.